The minimum atomic E-state index is 0.0941. The number of carbonyl (C=O) groups is 1. The van der Waals surface area contributed by atoms with Crippen LogP contribution in [0.15, 0.2) is 43.0 Å². The first-order valence-corrected chi connectivity index (χ1v) is 8.47. The summed E-state index contributed by atoms with van der Waals surface area (Å²) in [6.07, 6.45) is 10.2. The van der Waals surface area contributed by atoms with E-state index in [-0.39, 0.29) is 11.3 Å². The van der Waals surface area contributed by atoms with Crippen LogP contribution in [-0.4, -0.2) is 51.9 Å². The van der Waals surface area contributed by atoms with Crippen molar-refractivity contribution in [2.45, 2.75) is 19.3 Å². The molecule has 6 nitrogen and oxygen atoms in total. The van der Waals surface area contributed by atoms with Crippen molar-refractivity contribution in [1.82, 2.24) is 19.9 Å². The van der Waals surface area contributed by atoms with E-state index in [1.54, 1.807) is 24.8 Å². The lowest BCUT2D eigenvalue weighted by Crippen LogP contribution is -2.47. The van der Waals surface area contributed by atoms with E-state index >= 15 is 0 Å². The molecule has 2 aromatic rings. The fraction of sp³-hybridized carbons (Fsp3) is 0.444. The molecule has 0 N–H and O–H groups in total. The highest BCUT2D eigenvalue weighted by atomic mass is 16.2. The van der Waals surface area contributed by atoms with Gasteiger partial charge in [-0.2, -0.15) is 0 Å². The summed E-state index contributed by atoms with van der Waals surface area (Å²) in [5.74, 6) is 0.890. The zero-order valence-electron chi connectivity index (χ0n) is 13.6. The van der Waals surface area contributed by atoms with E-state index in [4.69, 9.17) is 0 Å². The van der Waals surface area contributed by atoms with Crippen LogP contribution < -0.4 is 4.90 Å². The Balaban J connectivity index is 1.48. The SMILES string of the molecule is O=C(c1cccnc1)N1CCCC2(CCN(c3ncccn3)C2)C1. The molecule has 2 fully saturated rings. The van der Waals surface area contributed by atoms with Crippen LogP contribution in [0.3, 0.4) is 0 Å². The molecule has 2 aromatic heterocycles. The van der Waals surface area contributed by atoms with Crippen molar-refractivity contribution in [2.24, 2.45) is 5.41 Å². The van der Waals surface area contributed by atoms with Crippen molar-refractivity contribution < 1.29 is 4.79 Å². The van der Waals surface area contributed by atoms with E-state index in [9.17, 15) is 4.79 Å². The number of pyridine rings is 1. The molecule has 124 valence electrons. The van der Waals surface area contributed by atoms with Crippen LogP contribution in [-0.2, 0) is 0 Å². The molecular weight excluding hydrogens is 302 g/mol. The van der Waals surface area contributed by atoms with Gasteiger partial charge in [-0.3, -0.25) is 9.78 Å². The van der Waals surface area contributed by atoms with Crippen molar-refractivity contribution in [3.8, 4) is 0 Å². The topological polar surface area (TPSA) is 62.2 Å². The number of likely N-dealkylation sites (tertiary alicyclic amines) is 1. The number of carbonyl (C=O) groups excluding carboxylic acids is 1. The van der Waals surface area contributed by atoms with E-state index in [2.05, 4.69) is 19.9 Å². The first-order chi connectivity index (χ1) is 11.8. The van der Waals surface area contributed by atoms with Gasteiger partial charge in [0, 0.05) is 56.4 Å². The standard InChI is InChI=1S/C18H21N5O/c24-16(15-4-1-7-19-12-15)22-10-2-5-18(13-22)6-11-23(14-18)17-20-8-3-9-21-17/h1,3-4,7-9,12H,2,5-6,10-11,13-14H2. The minimum Gasteiger partial charge on any atom is -0.340 e. The van der Waals surface area contributed by atoms with Gasteiger partial charge in [0.25, 0.3) is 5.91 Å². The summed E-state index contributed by atoms with van der Waals surface area (Å²) < 4.78 is 0. The molecule has 0 aromatic carbocycles. The molecule has 24 heavy (non-hydrogen) atoms. The van der Waals surface area contributed by atoms with Gasteiger partial charge in [0.2, 0.25) is 5.95 Å². The maximum absolute atomic E-state index is 12.7. The minimum absolute atomic E-state index is 0.0941. The van der Waals surface area contributed by atoms with E-state index in [1.807, 2.05) is 23.1 Å². The Morgan fingerprint density at radius 3 is 2.71 bits per heavy atom. The van der Waals surface area contributed by atoms with Gasteiger partial charge in [0.05, 0.1) is 5.56 Å². The van der Waals surface area contributed by atoms with Gasteiger partial charge in [0.15, 0.2) is 0 Å². The summed E-state index contributed by atoms with van der Waals surface area (Å²) in [4.78, 5) is 29.8. The number of rotatable bonds is 2. The smallest absolute Gasteiger partial charge is 0.255 e. The van der Waals surface area contributed by atoms with Crippen molar-refractivity contribution in [2.75, 3.05) is 31.1 Å². The summed E-state index contributed by atoms with van der Waals surface area (Å²) in [6, 6.07) is 5.50. The van der Waals surface area contributed by atoms with Gasteiger partial charge < -0.3 is 9.80 Å². The van der Waals surface area contributed by atoms with Crippen molar-refractivity contribution >= 4 is 11.9 Å². The Morgan fingerprint density at radius 1 is 1.04 bits per heavy atom. The molecule has 4 rings (SSSR count). The molecule has 1 unspecified atom stereocenters. The molecule has 0 radical (unpaired) electrons. The first kappa shape index (κ1) is 15.1. The van der Waals surface area contributed by atoms with Crippen LogP contribution in [0.5, 0.6) is 0 Å². The zero-order valence-corrected chi connectivity index (χ0v) is 13.6. The number of anilines is 1. The molecule has 2 aliphatic rings. The lowest BCUT2D eigenvalue weighted by atomic mass is 9.79. The second-order valence-electron chi connectivity index (χ2n) is 6.79. The van der Waals surface area contributed by atoms with Gasteiger partial charge in [-0.1, -0.05) is 0 Å². The Kier molecular flexibility index (Phi) is 3.88. The molecule has 6 heteroatoms. The third-order valence-corrected chi connectivity index (χ3v) is 5.13. The number of piperidine rings is 1. The van der Waals surface area contributed by atoms with Crippen LogP contribution in [0.2, 0.25) is 0 Å². The summed E-state index contributed by atoms with van der Waals surface area (Å²) >= 11 is 0. The molecule has 0 bridgehead atoms. The van der Waals surface area contributed by atoms with Crippen molar-refractivity contribution in [3.63, 3.8) is 0 Å². The molecule has 2 aliphatic heterocycles. The van der Waals surface area contributed by atoms with Crippen molar-refractivity contribution in [1.29, 1.82) is 0 Å². The molecule has 1 atom stereocenters. The molecular formula is C18H21N5O. The average molecular weight is 323 g/mol. The summed E-state index contributed by atoms with van der Waals surface area (Å²) in [5.41, 5.74) is 0.839. The lowest BCUT2D eigenvalue weighted by molar-refractivity contribution is 0.0556. The Labute approximate surface area is 141 Å². The van der Waals surface area contributed by atoms with Crippen molar-refractivity contribution in [3.05, 3.63) is 48.5 Å². The van der Waals surface area contributed by atoms with Crippen LogP contribution >= 0.6 is 0 Å². The largest absolute Gasteiger partial charge is 0.340 e. The maximum atomic E-state index is 12.7. The Morgan fingerprint density at radius 2 is 1.92 bits per heavy atom. The summed E-state index contributed by atoms with van der Waals surface area (Å²) in [5, 5.41) is 0. The highest BCUT2D eigenvalue weighted by Crippen LogP contribution is 2.40. The van der Waals surface area contributed by atoms with E-state index < -0.39 is 0 Å². The fourth-order valence-electron chi connectivity index (χ4n) is 3.95. The van der Waals surface area contributed by atoms with E-state index in [1.165, 1.54) is 0 Å². The molecule has 1 spiro atoms. The number of nitrogens with zero attached hydrogens (tertiary/aromatic N) is 5. The second kappa shape index (κ2) is 6.19. The molecule has 0 aliphatic carbocycles. The number of hydrogen-bond donors (Lipinski definition) is 0. The highest BCUT2D eigenvalue weighted by Gasteiger charge is 2.43. The van der Waals surface area contributed by atoms with Crippen LogP contribution in [0, 0.1) is 5.41 Å². The quantitative estimate of drug-likeness (QED) is 0.846. The van der Waals surface area contributed by atoms with Gasteiger partial charge in [0.1, 0.15) is 0 Å². The predicted molar refractivity (Wildman–Crippen MR) is 90.7 cm³/mol. The third kappa shape index (κ3) is 2.84. The zero-order chi connectivity index (χ0) is 16.4. The molecule has 0 saturated carbocycles. The summed E-state index contributed by atoms with van der Waals surface area (Å²) in [6.45, 7) is 3.52. The lowest BCUT2D eigenvalue weighted by Gasteiger charge is -2.40. The number of hydrogen-bond acceptors (Lipinski definition) is 5. The Hall–Kier alpha value is -2.50. The van der Waals surface area contributed by atoms with E-state index in [0.29, 0.717) is 5.56 Å². The highest BCUT2D eigenvalue weighted by molar-refractivity contribution is 5.94. The number of amides is 1. The predicted octanol–water partition coefficient (Wildman–Crippen LogP) is 2.00. The molecule has 2 saturated heterocycles. The van der Waals surface area contributed by atoms with Gasteiger partial charge >= 0.3 is 0 Å². The van der Waals surface area contributed by atoms with Crippen LogP contribution in [0.4, 0.5) is 5.95 Å². The summed E-state index contributed by atoms with van der Waals surface area (Å²) in [7, 11) is 0. The van der Waals surface area contributed by atoms with E-state index in [0.717, 1.165) is 51.4 Å². The van der Waals surface area contributed by atoms with Gasteiger partial charge in [-0.15, -0.1) is 0 Å². The fourth-order valence-corrected chi connectivity index (χ4v) is 3.95. The monoisotopic (exact) mass is 323 g/mol. The molecule has 4 heterocycles. The second-order valence-corrected chi connectivity index (χ2v) is 6.79. The normalized spacial score (nSPS) is 23.7. The average Bonchev–Trinajstić information content (AvgIpc) is 3.06. The molecule has 1 amide bonds. The van der Waals surface area contributed by atoms with Gasteiger partial charge in [-0.25, -0.2) is 9.97 Å². The van der Waals surface area contributed by atoms with Gasteiger partial charge in [-0.05, 0) is 37.5 Å². The number of aromatic nitrogens is 3. The Bertz CT molecular complexity index is 708. The van der Waals surface area contributed by atoms with Crippen LogP contribution in [0.25, 0.3) is 0 Å². The maximum Gasteiger partial charge on any atom is 0.255 e. The third-order valence-electron chi connectivity index (χ3n) is 5.13. The van der Waals surface area contributed by atoms with Crippen LogP contribution in [0.1, 0.15) is 29.6 Å². The first-order valence-electron chi connectivity index (χ1n) is 8.47.